The summed E-state index contributed by atoms with van der Waals surface area (Å²) < 4.78 is 82.9. The van der Waals surface area contributed by atoms with Crippen molar-refractivity contribution in [2.75, 3.05) is 37.1 Å². The lowest BCUT2D eigenvalue weighted by Crippen LogP contribution is -2.50. The quantitative estimate of drug-likeness (QED) is 0.0749. The molecule has 0 aliphatic rings. The van der Waals surface area contributed by atoms with Gasteiger partial charge in [0.25, 0.3) is 11.8 Å². The van der Waals surface area contributed by atoms with Gasteiger partial charge in [-0.25, -0.2) is 22.0 Å². The van der Waals surface area contributed by atoms with Crippen LogP contribution in [0.5, 0.6) is 11.5 Å². The third-order valence-corrected chi connectivity index (χ3v) is 9.33. The van der Waals surface area contributed by atoms with Crippen LogP contribution in [0, 0.1) is 29.1 Å². The molecule has 0 saturated heterocycles. The maximum absolute atomic E-state index is 15.5. The summed E-state index contributed by atoms with van der Waals surface area (Å²) in [5.41, 5.74) is -0.151. The van der Waals surface area contributed by atoms with Crippen LogP contribution >= 0.6 is 0 Å². The van der Waals surface area contributed by atoms with Gasteiger partial charge in [0.1, 0.15) is 52.7 Å². The number of hydrogen-bond acceptors (Lipinski definition) is 6. The van der Waals surface area contributed by atoms with Gasteiger partial charge in [-0.15, -0.1) is 6.58 Å². The largest absolute Gasteiger partial charge is 0.497 e. The molecule has 2 N–H and O–H groups in total. The number of anilines is 2. The molecule has 0 saturated carbocycles. The van der Waals surface area contributed by atoms with Crippen molar-refractivity contribution in [2.24, 2.45) is 0 Å². The van der Waals surface area contributed by atoms with Crippen molar-refractivity contribution in [1.82, 2.24) is 10.6 Å². The summed E-state index contributed by atoms with van der Waals surface area (Å²) in [5, 5.41) is 5.03. The second kappa shape index (κ2) is 20.1. The lowest BCUT2D eigenvalue weighted by molar-refractivity contribution is -0.121. The summed E-state index contributed by atoms with van der Waals surface area (Å²) in [6.45, 7) is 5.45. The van der Waals surface area contributed by atoms with E-state index in [1.165, 1.54) is 30.1 Å². The molecule has 5 rings (SSSR count). The number of hydrogen-bond donors (Lipinski definition) is 2. The predicted molar refractivity (Wildman–Crippen MR) is 216 cm³/mol. The summed E-state index contributed by atoms with van der Waals surface area (Å²) >= 11 is 0. The van der Waals surface area contributed by atoms with Crippen LogP contribution in [0.2, 0.25) is 0 Å². The smallest absolute Gasteiger partial charge is 0.254 e. The molecule has 5 aromatic rings. The predicted octanol–water partition coefficient (Wildman–Crippen LogP) is 7.35. The molecular weight excluding hydrogens is 788 g/mol. The maximum atomic E-state index is 15.5. The molecule has 0 aromatic heterocycles. The Morgan fingerprint density at radius 1 is 0.617 bits per heavy atom. The lowest BCUT2D eigenvalue weighted by atomic mass is 10.0. The van der Waals surface area contributed by atoms with Gasteiger partial charge in [0, 0.05) is 55.0 Å². The SMILES string of the molecule is C=CCN(C(=O)[C@H](Cc1cc(F)cc(F)c1)NC(=O)c1cc(C(=O)N[C@@H](Cc2cc(F)cc(F)c2)C(=O)N(CC)c2ccc(OC)cc2)ccc1F)c1ccc(OC)cc1. The fraction of sp³-hybridized carbons (Fsp3) is 0.200. The van der Waals surface area contributed by atoms with Crippen LogP contribution in [0.1, 0.15) is 38.8 Å². The van der Waals surface area contributed by atoms with Crippen molar-refractivity contribution in [3.8, 4) is 11.5 Å². The minimum atomic E-state index is -1.54. The van der Waals surface area contributed by atoms with Gasteiger partial charge in [-0.05, 0) is 109 Å². The Hall–Kier alpha value is -7.03. The molecule has 0 aliphatic carbocycles. The number of rotatable bonds is 17. The van der Waals surface area contributed by atoms with Crippen LogP contribution in [0.3, 0.4) is 0 Å². The maximum Gasteiger partial charge on any atom is 0.254 e. The number of amides is 4. The Morgan fingerprint density at radius 3 is 1.48 bits per heavy atom. The third-order valence-electron chi connectivity index (χ3n) is 9.33. The molecule has 0 aliphatic heterocycles. The van der Waals surface area contributed by atoms with Crippen LogP contribution < -0.4 is 29.9 Å². The zero-order valence-electron chi connectivity index (χ0n) is 32.8. The molecule has 10 nitrogen and oxygen atoms in total. The van der Waals surface area contributed by atoms with Crippen molar-refractivity contribution in [1.29, 1.82) is 0 Å². The molecule has 0 fully saturated rings. The lowest BCUT2D eigenvalue weighted by Gasteiger charge is -2.28. The monoisotopic (exact) mass is 828 g/mol. The molecule has 0 unspecified atom stereocenters. The molecule has 60 heavy (non-hydrogen) atoms. The van der Waals surface area contributed by atoms with Crippen LogP contribution in [0.15, 0.2) is 116 Å². The molecular formula is C45H41F5N4O6. The standard InChI is InChI=1S/C45H41F5N4O6/c1-5-17-54(35-10-14-37(60-4)15-11-35)45(58)41(23-28-20-32(48)26-33(49)21-28)52-43(56)38-24-29(7-16-39(38)50)42(55)51-40(22-27-18-30(46)25-31(47)19-27)44(57)53(6-2)34-8-12-36(59-3)13-9-34/h5,7-16,18-21,24-26,40-41H,1,6,17,22-23H2,2-4H3,(H,51,55)(H,52,56)/t40-,41-/m0/s1. The fourth-order valence-corrected chi connectivity index (χ4v) is 6.47. The zero-order valence-corrected chi connectivity index (χ0v) is 32.8. The molecule has 0 bridgehead atoms. The van der Waals surface area contributed by atoms with E-state index in [0.717, 1.165) is 42.5 Å². The Bertz CT molecular complexity index is 2320. The molecule has 312 valence electrons. The van der Waals surface area contributed by atoms with Crippen LogP contribution in [-0.2, 0) is 22.4 Å². The number of nitrogens with zero attached hydrogens (tertiary/aromatic N) is 2. The van der Waals surface area contributed by atoms with E-state index in [1.807, 2.05) is 0 Å². The van der Waals surface area contributed by atoms with Crippen molar-refractivity contribution in [3.05, 3.63) is 167 Å². The van der Waals surface area contributed by atoms with Gasteiger partial charge in [-0.3, -0.25) is 19.2 Å². The minimum Gasteiger partial charge on any atom is -0.497 e. The Labute approximate surface area is 343 Å². The Morgan fingerprint density at radius 2 is 1.05 bits per heavy atom. The average Bonchev–Trinajstić information content (AvgIpc) is 3.22. The van der Waals surface area contributed by atoms with Crippen molar-refractivity contribution >= 4 is 35.0 Å². The molecule has 4 amide bonds. The number of ether oxygens (including phenoxy) is 2. The average molecular weight is 829 g/mol. The van der Waals surface area contributed by atoms with Crippen molar-refractivity contribution in [3.63, 3.8) is 0 Å². The van der Waals surface area contributed by atoms with E-state index in [4.69, 9.17) is 9.47 Å². The number of likely N-dealkylation sites (N-methyl/N-ethyl adjacent to an activating group) is 1. The summed E-state index contributed by atoms with van der Waals surface area (Å²) in [6.07, 6.45) is 0.627. The fourth-order valence-electron chi connectivity index (χ4n) is 6.47. The van der Waals surface area contributed by atoms with E-state index in [1.54, 1.807) is 55.5 Å². The van der Waals surface area contributed by atoms with Crippen molar-refractivity contribution in [2.45, 2.75) is 31.8 Å². The normalized spacial score (nSPS) is 11.8. The van der Waals surface area contributed by atoms with E-state index in [0.29, 0.717) is 35.0 Å². The third kappa shape index (κ3) is 11.1. The minimum absolute atomic E-state index is 0.00214. The molecule has 5 aromatic carbocycles. The zero-order chi connectivity index (χ0) is 43.5. The summed E-state index contributed by atoms with van der Waals surface area (Å²) in [5.74, 6) is -7.29. The van der Waals surface area contributed by atoms with E-state index in [2.05, 4.69) is 17.2 Å². The highest BCUT2D eigenvalue weighted by atomic mass is 19.1. The van der Waals surface area contributed by atoms with Gasteiger partial charge >= 0.3 is 0 Å². The van der Waals surface area contributed by atoms with Gasteiger partial charge in [0.15, 0.2) is 0 Å². The first-order valence-corrected chi connectivity index (χ1v) is 18.6. The highest BCUT2D eigenvalue weighted by Crippen LogP contribution is 2.24. The summed E-state index contributed by atoms with van der Waals surface area (Å²) in [7, 11) is 2.93. The topological polar surface area (TPSA) is 117 Å². The van der Waals surface area contributed by atoms with E-state index < -0.39 is 76.8 Å². The van der Waals surface area contributed by atoms with E-state index in [9.17, 15) is 36.7 Å². The molecule has 0 radical (unpaired) electrons. The summed E-state index contributed by atoms with van der Waals surface area (Å²) in [6, 6.07) is 17.9. The number of methoxy groups -OCH3 is 2. The molecule has 2 atom stereocenters. The number of carbonyl (C=O) groups is 4. The molecule has 0 heterocycles. The first-order chi connectivity index (χ1) is 28.7. The van der Waals surface area contributed by atoms with Crippen LogP contribution in [0.4, 0.5) is 33.3 Å². The van der Waals surface area contributed by atoms with E-state index in [-0.39, 0.29) is 36.2 Å². The van der Waals surface area contributed by atoms with E-state index >= 15 is 4.39 Å². The highest BCUT2D eigenvalue weighted by molar-refractivity contribution is 6.05. The van der Waals surface area contributed by atoms with Gasteiger partial charge in [-0.1, -0.05) is 6.08 Å². The highest BCUT2D eigenvalue weighted by Gasteiger charge is 2.31. The second-order valence-corrected chi connectivity index (χ2v) is 13.4. The van der Waals surface area contributed by atoms with Gasteiger partial charge < -0.3 is 29.9 Å². The van der Waals surface area contributed by atoms with Gasteiger partial charge in [-0.2, -0.15) is 0 Å². The number of halogens is 5. The first-order valence-electron chi connectivity index (χ1n) is 18.6. The molecule has 15 heteroatoms. The van der Waals surface area contributed by atoms with Gasteiger partial charge in [0.2, 0.25) is 11.8 Å². The Balaban J connectivity index is 1.46. The molecule has 0 spiro atoms. The summed E-state index contributed by atoms with van der Waals surface area (Å²) in [4.78, 5) is 58.6. The van der Waals surface area contributed by atoms with Crippen LogP contribution in [0.25, 0.3) is 0 Å². The number of nitrogens with one attached hydrogen (secondary N) is 2. The van der Waals surface area contributed by atoms with Crippen molar-refractivity contribution < 1.29 is 50.6 Å². The number of benzene rings is 5. The Kier molecular flexibility index (Phi) is 14.8. The number of carbonyl (C=O) groups excluding carboxylic acids is 4. The van der Waals surface area contributed by atoms with Crippen LogP contribution in [-0.4, -0.2) is 63.0 Å². The first kappa shape index (κ1) is 44.1. The van der Waals surface area contributed by atoms with Gasteiger partial charge in [0.05, 0.1) is 19.8 Å². The second-order valence-electron chi connectivity index (χ2n) is 13.4.